The van der Waals surface area contributed by atoms with Crippen LogP contribution in [0, 0.1) is 5.92 Å². The topological polar surface area (TPSA) is 47.0 Å². The van der Waals surface area contributed by atoms with Crippen molar-refractivity contribution >= 4 is 27.0 Å². The third-order valence-corrected chi connectivity index (χ3v) is 4.01. The zero-order chi connectivity index (χ0) is 12.5. The Bertz CT molecular complexity index is 611. The monoisotopic (exact) mass is 310 g/mol. The summed E-state index contributed by atoms with van der Waals surface area (Å²) in [5, 5.41) is 0. The number of hydrogen-bond acceptors (Lipinski definition) is 2. The van der Waals surface area contributed by atoms with Crippen LogP contribution in [-0.2, 0) is 11.3 Å². The summed E-state index contributed by atoms with van der Waals surface area (Å²) in [6.07, 6.45) is 2.07. The predicted molar refractivity (Wildman–Crippen MR) is 73.8 cm³/mol. The molecule has 0 saturated carbocycles. The Morgan fingerprint density at radius 3 is 2.94 bits per heavy atom. The first-order valence-corrected chi connectivity index (χ1v) is 6.99. The molecular weight excluding hydrogens is 296 g/mol. The van der Waals surface area contributed by atoms with E-state index in [2.05, 4.69) is 20.9 Å². The molecule has 0 radical (unpaired) electrons. The van der Waals surface area contributed by atoms with Crippen LogP contribution in [0.15, 0.2) is 27.5 Å². The van der Waals surface area contributed by atoms with Crippen LogP contribution < -0.4 is 5.69 Å². The highest BCUT2D eigenvalue weighted by Crippen LogP contribution is 2.21. The first kappa shape index (κ1) is 12.0. The van der Waals surface area contributed by atoms with Gasteiger partial charge in [0, 0.05) is 24.2 Å². The van der Waals surface area contributed by atoms with Gasteiger partial charge in [0.05, 0.1) is 11.0 Å². The zero-order valence-electron chi connectivity index (χ0n) is 9.99. The molecule has 1 N–H and O–H groups in total. The van der Waals surface area contributed by atoms with Crippen molar-refractivity contribution in [3.8, 4) is 0 Å². The smallest absolute Gasteiger partial charge is 0.326 e. The van der Waals surface area contributed by atoms with Crippen molar-refractivity contribution in [3.63, 3.8) is 0 Å². The highest BCUT2D eigenvalue weighted by molar-refractivity contribution is 9.10. The Hall–Kier alpha value is -1.07. The first-order valence-electron chi connectivity index (χ1n) is 6.20. The predicted octanol–water partition coefficient (Wildman–Crippen LogP) is 2.52. The molecule has 1 saturated heterocycles. The fourth-order valence-electron chi connectivity index (χ4n) is 2.49. The number of aromatic amines is 1. The van der Waals surface area contributed by atoms with Gasteiger partial charge in [0.15, 0.2) is 0 Å². The number of nitrogens with one attached hydrogen (secondary N) is 1. The van der Waals surface area contributed by atoms with Gasteiger partial charge in [0.1, 0.15) is 0 Å². The normalized spacial score (nSPS) is 17.4. The Morgan fingerprint density at radius 2 is 2.17 bits per heavy atom. The SMILES string of the molecule is O=c1[nH]c2ccc(Br)cc2n1CC1CCOCC1. The summed E-state index contributed by atoms with van der Waals surface area (Å²) in [4.78, 5) is 14.9. The van der Waals surface area contributed by atoms with Crippen molar-refractivity contribution in [2.24, 2.45) is 5.92 Å². The van der Waals surface area contributed by atoms with Crippen LogP contribution in [-0.4, -0.2) is 22.8 Å². The number of fused-ring (bicyclic) bond motifs is 1. The van der Waals surface area contributed by atoms with Crippen LogP contribution in [0.4, 0.5) is 0 Å². The maximum absolute atomic E-state index is 12.0. The lowest BCUT2D eigenvalue weighted by molar-refractivity contribution is 0.0613. The molecule has 1 fully saturated rings. The van der Waals surface area contributed by atoms with Crippen molar-refractivity contribution in [2.75, 3.05) is 13.2 Å². The number of nitrogens with zero attached hydrogens (tertiary/aromatic N) is 1. The molecular formula is C13H15BrN2O2. The van der Waals surface area contributed by atoms with Crippen LogP contribution in [0.3, 0.4) is 0 Å². The molecule has 4 nitrogen and oxygen atoms in total. The van der Waals surface area contributed by atoms with E-state index in [1.807, 2.05) is 22.8 Å². The molecule has 2 heterocycles. The molecule has 0 amide bonds. The Morgan fingerprint density at radius 1 is 1.39 bits per heavy atom. The molecule has 0 bridgehead atoms. The molecule has 3 rings (SSSR count). The third kappa shape index (κ3) is 2.24. The number of halogens is 1. The lowest BCUT2D eigenvalue weighted by Gasteiger charge is -2.22. The maximum atomic E-state index is 12.0. The van der Waals surface area contributed by atoms with Gasteiger partial charge in [-0.3, -0.25) is 4.57 Å². The van der Waals surface area contributed by atoms with Crippen LogP contribution >= 0.6 is 15.9 Å². The highest BCUT2D eigenvalue weighted by Gasteiger charge is 2.17. The highest BCUT2D eigenvalue weighted by atomic mass is 79.9. The maximum Gasteiger partial charge on any atom is 0.326 e. The van der Waals surface area contributed by atoms with Crippen molar-refractivity contribution < 1.29 is 4.74 Å². The van der Waals surface area contributed by atoms with Crippen molar-refractivity contribution in [1.29, 1.82) is 0 Å². The van der Waals surface area contributed by atoms with Gasteiger partial charge in [-0.15, -0.1) is 0 Å². The zero-order valence-corrected chi connectivity index (χ0v) is 11.6. The minimum atomic E-state index is -0.0189. The number of H-pyrrole nitrogens is 1. The Labute approximate surface area is 113 Å². The summed E-state index contributed by atoms with van der Waals surface area (Å²) in [5.74, 6) is 0.537. The van der Waals surface area contributed by atoms with Crippen LogP contribution in [0.5, 0.6) is 0 Å². The molecule has 1 aromatic carbocycles. The third-order valence-electron chi connectivity index (χ3n) is 3.52. The average molecular weight is 311 g/mol. The van der Waals surface area contributed by atoms with E-state index in [1.54, 1.807) is 0 Å². The van der Waals surface area contributed by atoms with Gasteiger partial charge in [0.25, 0.3) is 0 Å². The van der Waals surface area contributed by atoms with Crippen molar-refractivity contribution in [3.05, 3.63) is 33.2 Å². The summed E-state index contributed by atoms with van der Waals surface area (Å²) < 4.78 is 8.19. The Kier molecular flexibility index (Phi) is 3.26. The largest absolute Gasteiger partial charge is 0.381 e. The Balaban J connectivity index is 1.97. The van der Waals surface area contributed by atoms with Crippen LogP contribution in [0.1, 0.15) is 12.8 Å². The van der Waals surface area contributed by atoms with E-state index in [1.165, 1.54) is 0 Å². The van der Waals surface area contributed by atoms with E-state index >= 15 is 0 Å². The number of imidazole rings is 1. The van der Waals surface area contributed by atoms with E-state index in [0.29, 0.717) is 5.92 Å². The summed E-state index contributed by atoms with van der Waals surface area (Å²) in [6.45, 7) is 2.40. The lowest BCUT2D eigenvalue weighted by atomic mass is 10.0. The number of benzene rings is 1. The molecule has 2 aromatic rings. The van der Waals surface area contributed by atoms with Crippen LogP contribution in [0.25, 0.3) is 11.0 Å². The second-order valence-corrected chi connectivity index (χ2v) is 5.67. The number of hydrogen-bond donors (Lipinski definition) is 1. The average Bonchev–Trinajstić information content (AvgIpc) is 2.67. The quantitative estimate of drug-likeness (QED) is 0.926. The van der Waals surface area contributed by atoms with Crippen molar-refractivity contribution in [1.82, 2.24) is 9.55 Å². The van der Waals surface area contributed by atoms with E-state index in [9.17, 15) is 4.79 Å². The second kappa shape index (κ2) is 4.90. The van der Waals surface area contributed by atoms with Gasteiger partial charge in [0.2, 0.25) is 0 Å². The molecule has 0 aliphatic carbocycles. The summed E-state index contributed by atoms with van der Waals surface area (Å²) in [7, 11) is 0. The molecule has 0 atom stereocenters. The molecule has 1 aliphatic rings. The number of aromatic nitrogens is 2. The van der Waals surface area contributed by atoms with E-state index < -0.39 is 0 Å². The van der Waals surface area contributed by atoms with Gasteiger partial charge in [-0.25, -0.2) is 4.79 Å². The van der Waals surface area contributed by atoms with Gasteiger partial charge < -0.3 is 9.72 Å². The molecule has 1 aromatic heterocycles. The molecule has 18 heavy (non-hydrogen) atoms. The standard InChI is InChI=1S/C13H15BrN2O2/c14-10-1-2-11-12(7-10)16(13(17)15-11)8-9-3-5-18-6-4-9/h1-2,7,9H,3-6,8H2,(H,15,17). The second-order valence-electron chi connectivity index (χ2n) is 4.76. The van der Waals surface area contributed by atoms with Crippen molar-refractivity contribution in [2.45, 2.75) is 19.4 Å². The summed E-state index contributed by atoms with van der Waals surface area (Å²) >= 11 is 3.45. The molecule has 1 aliphatic heterocycles. The molecule has 96 valence electrons. The minimum absolute atomic E-state index is 0.0189. The van der Waals surface area contributed by atoms with E-state index in [-0.39, 0.29) is 5.69 Å². The number of ether oxygens (including phenoxy) is 1. The van der Waals surface area contributed by atoms with Gasteiger partial charge in [-0.2, -0.15) is 0 Å². The fraction of sp³-hybridized carbons (Fsp3) is 0.462. The molecule has 0 unspecified atom stereocenters. The van der Waals surface area contributed by atoms with E-state index in [0.717, 1.165) is 48.1 Å². The van der Waals surface area contributed by atoms with Gasteiger partial charge in [-0.05, 0) is 37.0 Å². The fourth-order valence-corrected chi connectivity index (χ4v) is 2.84. The minimum Gasteiger partial charge on any atom is -0.381 e. The molecule has 0 spiro atoms. The van der Waals surface area contributed by atoms with Gasteiger partial charge >= 0.3 is 5.69 Å². The summed E-state index contributed by atoms with van der Waals surface area (Å²) in [5.41, 5.74) is 1.85. The summed E-state index contributed by atoms with van der Waals surface area (Å²) in [6, 6.07) is 5.87. The lowest BCUT2D eigenvalue weighted by Crippen LogP contribution is -2.25. The first-order chi connectivity index (χ1) is 8.74. The van der Waals surface area contributed by atoms with Crippen LogP contribution in [0.2, 0.25) is 0 Å². The van der Waals surface area contributed by atoms with Gasteiger partial charge in [-0.1, -0.05) is 15.9 Å². The van der Waals surface area contributed by atoms with E-state index in [4.69, 9.17) is 4.74 Å². The number of rotatable bonds is 2. The molecule has 5 heteroatoms.